The van der Waals surface area contributed by atoms with Crippen molar-refractivity contribution in [3.8, 4) is 11.3 Å². The molecule has 0 bridgehead atoms. The summed E-state index contributed by atoms with van der Waals surface area (Å²) in [6, 6.07) is 5.22. The van der Waals surface area contributed by atoms with Crippen LogP contribution in [-0.4, -0.2) is 34.8 Å². The number of carbonyl (C=O) groups excluding carboxylic acids is 2. The molecule has 8 heteroatoms. The van der Waals surface area contributed by atoms with Crippen molar-refractivity contribution in [3.05, 3.63) is 33.6 Å². The maximum absolute atomic E-state index is 12.6. The van der Waals surface area contributed by atoms with Crippen LogP contribution < -0.4 is 5.32 Å². The Hall–Kier alpha value is -1.63. The van der Waals surface area contributed by atoms with Crippen molar-refractivity contribution in [3.63, 3.8) is 0 Å². The van der Waals surface area contributed by atoms with Crippen LogP contribution in [0, 0.1) is 11.8 Å². The Morgan fingerprint density at radius 2 is 1.85 bits per heavy atom. The molecular weight excluding hydrogens is 405 g/mol. The number of carbonyl (C=O) groups is 2. The van der Waals surface area contributed by atoms with Gasteiger partial charge in [-0.25, -0.2) is 4.98 Å². The van der Waals surface area contributed by atoms with Crippen molar-refractivity contribution in [2.75, 3.05) is 18.4 Å². The number of halogens is 2. The van der Waals surface area contributed by atoms with E-state index in [2.05, 4.69) is 10.3 Å². The number of nitrogens with one attached hydrogen (secondary N) is 1. The fourth-order valence-corrected chi connectivity index (χ4v) is 4.41. The van der Waals surface area contributed by atoms with E-state index < -0.39 is 0 Å². The SMILES string of the molecule is O=C(Nc1nc(-c2cc(Cl)ccc2Cl)cs1)C1CCN(C(=O)C2CC2)CC1. The van der Waals surface area contributed by atoms with Crippen molar-refractivity contribution in [1.82, 2.24) is 9.88 Å². The summed E-state index contributed by atoms with van der Waals surface area (Å²) in [5.74, 6) is 0.376. The summed E-state index contributed by atoms with van der Waals surface area (Å²) in [7, 11) is 0. The molecule has 0 spiro atoms. The van der Waals surface area contributed by atoms with E-state index in [1.807, 2.05) is 10.3 Å². The van der Waals surface area contributed by atoms with Crippen molar-refractivity contribution in [2.45, 2.75) is 25.7 Å². The van der Waals surface area contributed by atoms with Crippen LogP contribution in [-0.2, 0) is 9.59 Å². The number of benzene rings is 1. The predicted octanol–water partition coefficient (Wildman–Crippen LogP) is 4.70. The third-order valence-corrected chi connectivity index (χ3v) is 6.37. The van der Waals surface area contributed by atoms with E-state index in [0.717, 1.165) is 18.4 Å². The van der Waals surface area contributed by atoms with E-state index in [9.17, 15) is 9.59 Å². The van der Waals surface area contributed by atoms with Gasteiger partial charge < -0.3 is 10.2 Å². The zero-order valence-electron chi connectivity index (χ0n) is 14.6. The summed E-state index contributed by atoms with van der Waals surface area (Å²) in [6.07, 6.45) is 3.43. The van der Waals surface area contributed by atoms with Crippen LogP contribution in [0.25, 0.3) is 11.3 Å². The Bertz CT molecular complexity index is 874. The minimum atomic E-state index is -0.0876. The monoisotopic (exact) mass is 423 g/mol. The molecule has 2 heterocycles. The zero-order chi connectivity index (χ0) is 19.0. The van der Waals surface area contributed by atoms with Crippen LogP contribution in [0.1, 0.15) is 25.7 Å². The highest BCUT2D eigenvalue weighted by molar-refractivity contribution is 7.14. The van der Waals surface area contributed by atoms with Crippen molar-refractivity contribution in [2.24, 2.45) is 11.8 Å². The molecule has 2 aliphatic rings. The van der Waals surface area contributed by atoms with Gasteiger partial charge in [0.05, 0.1) is 10.7 Å². The Kier molecular flexibility index (Phi) is 5.39. The Balaban J connectivity index is 1.36. The van der Waals surface area contributed by atoms with Gasteiger partial charge in [-0.2, -0.15) is 0 Å². The number of piperidine rings is 1. The molecular formula is C19H19Cl2N3O2S. The number of amides is 2. The number of thiazole rings is 1. The molecule has 5 nitrogen and oxygen atoms in total. The van der Waals surface area contributed by atoms with Gasteiger partial charge in [0.2, 0.25) is 11.8 Å². The molecule has 0 atom stereocenters. The lowest BCUT2D eigenvalue weighted by atomic mass is 9.95. The van der Waals surface area contributed by atoms with Gasteiger partial charge >= 0.3 is 0 Å². The van der Waals surface area contributed by atoms with Gasteiger partial charge in [0.15, 0.2) is 5.13 Å². The number of hydrogen-bond donors (Lipinski definition) is 1. The van der Waals surface area contributed by atoms with Gasteiger partial charge in [-0.3, -0.25) is 9.59 Å². The number of rotatable bonds is 4. The minimum Gasteiger partial charge on any atom is -0.342 e. The average molecular weight is 424 g/mol. The van der Waals surface area contributed by atoms with E-state index in [1.54, 1.807) is 18.2 Å². The van der Waals surface area contributed by atoms with Crippen LogP contribution in [0.15, 0.2) is 23.6 Å². The van der Waals surface area contributed by atoms with E-state index in [-0.39, 0.29) is 23.7 Å². The second kappa shape index (κ2) is 7.78. The van der Waals surface area contributed by atoms with Crippen molar-refractivity contribution in [1.29, 1.82) is 0 Å². The van der Waals surface area contributed by atoms with E-state index in [0.29, 0.717) is 46.8 Å². The highest BCUT2D eigenvalue weighted by atomic mass is 35.5. The molecule has 1 N–H and O–H groups in total. The number of anilines is 1. The summed E-state index contributed by atoms with van der Waals surface area (Å²) in [6.45, 7) is 1.32. The molecule has 1 saturated carbocycles. The van der Waals surface area contributed by atoms with Gasteiger partial charge in [-0.1, -0.05) is 23.2 Å². The standard InChI is InChI=1S/C19H19Cl2N3O2S/c20-13-3-4-15(21)14(9-13)16-10-27-19(22-16)23-17(25)11-5-7-24(8-6-11)18(26)12-1-2-12/h3-4,9-12H,1-2,5-8H2,(H,22,23,25). The van der Waals surface area contributed by atoms with Crippen molar-refractivity contribution < 1.29 is 9.59 Å². The quantitative estimate of drug-likeness (QED) is 0.774. The molecule has 4 rings (SSSR count). The normalized spacial score (nSPS) is 17.8. The fourth-order valence-electron chi connectivity index (χ4n) is 3.31. The average Bonchev–Trinajstić information content (AvgIpc) is 3.43. The second-order valence-corrected chi connectivity index (χ2v) is 8.73. The van der Waals surface area contributed by atoms with Crippen LogP contribution >= 0.6 is 34.5 Å². The first-order valence-corrected chi connectivity index (χ1v) is 10.7. The lowest BCUT2D eigenvalue weighted by Gasteiger charge is -2.31. The van der Waals surface area contributed by atoms with Gasteiger partial charge in [-0.15, -0.1) is 11.3 Å². The Labute approximate surface area is 171 Å². The summed E-state index contributed by atoms with van der Waals surface area (Å²) in [4.78, 5) is 31.1. The van der Waals surface area contributed by atoms with Crippen LogP contribution in [0.4, 0.5) is 5.13 Å². The van der Waals surface area contributed by atoms with Gasteiger partial charge in [0, 0.05) is 40.9 Å². The summed E-state index contributed by atoms with van der Waals surface area (Å²) in [5.41, 5.74) is 1.43. The lowest BCUT2D eigenvalue weighted by molar-refractivity contribution is -0.135. The number of likely N-dealkylation sites (tertiary alicyclic amines) is 1. The van der Waals surface area contributed by atoms with E-state index in [4.69, 9.17) is 23.2 Å². The molecule has 1 aromatic carbocycles. The Morgan fingerprint density at radius 3 is 2.56 bits per heavy atom. The number of aromatic nitrogens is 1. The largest absolute Gasteiger partial charge is 0.342 e. The van der Waals surface area contributed by atoms with Crippen LogP contribution in [0.2, 0.25) is 10.0 Å². The minimum absolute atomic E-state index is 0.0355. The van der Waals surface area contributed by atoms with Crippen LogP contribution in [0.3, 0.4) is 0 Å². The molecule has 2 aromatic rings. The summed E-state index contributed by atoms with van der Waals surface area (Å²) in [5, 5.41) is 6.45. The number of hydrogen-bond acceptors (Lipinski definition) is 4. The first-order valence-electron chi connectivity index (χ1n) is 9.02. The highest BCUT2D eigenvalue weighted by Crippen LogP contribution is 2.34. The molecule has 27 heavy (non-hydrogen) atoms. The molecule has 0 unspecified atom stereocenters. The van der Waals surface area contributed by atoms with E-state index in [1.165, 1.54) is 11.3 Å². The third kappa shape index (κ3) is 4.28. The molecule has 2 fully saturated rings. The van der Waals surface area contributed by atoms with Crippen molar-refractivity contribution >= 4 is 51.5 Å². The number of nitrogens with zero attached hydrogens (tertiary/aromatic N) is 2. The fraction of sp³-hybridized carbons (Fsp3) is 0.421. The highest BCUT2D eigenvalue weighted by Gasteiger charge is 2.36. The van der Waals surface area contributed by atoms with E-state index >= 15 is 0 Å². The van der Waals surface area contributed by atoms with Gasteiger partial charge in [-0.05, 0) is 43.9 Å². The predicted molar refractivity (Wildman–Crippen MR) is 108 cm³/mol. The molecule has 0 radical (unpaired) electrons. The zero-order valence-corrected chi connectivity index (χ0v) is 16.9. The second-order valence-electron chi connectivity index (χ2n) is 7.03. The first kappa shape index (κ1) is 18.7. The molecule has 1 aliphatic heterocycles. The first-order chi connectivity index (χ1) is 13.0. The molecule has 1 aliphatic carbocycles. The summed E-state index contributed by atoms with van der Waals surface area (Å²) >= 11 is 13.6. The Morgan fingerprint density at radius 1 is 1.11 bits per heavy atom. The van der Waals surface area contributed by atoms with Gasteiger partial charge in [0.1, 0.15) is 0 Å². The topological polar surface area (TPSA) is 62.3 Å². The molecule has 142 valence electrons. The maximum Gasteiger partial charge on any atom is 0.229 e. The maximum atomic E-state index is 12.6. The molecule has 1 saturated heterocycles. The van der Waals surface area contributed by atoms with Crippen LogP contribution in [0.5, 0.6) is 0 Å². The smallest absolute Gasteiger partial charge is 0.229 e. The third-order valence-electron chi connectivity index (χ3n) is 5.04. The summed E-state index contributed by atoms with van der Waals surface area (Å²) < 4.78 is 0. The molecule has 1 aromatic heterocycles. The van der Waals surface area contributed by atoms with Gasteiger partial charge in [0.25, 0.3) is 0 Å². The lowest BCUT2D eigenvalue weighted by Crippen LogP contribution is -2.42. The molecule has 2 amide bonds.